The van der Waals surface area contributed by atoms with Crippen molar-refractivity contribution in [3.8, 4) is 0 Å². The van der Waals surface area contributed by atoms with Gasteiger partial charge in [0.15, 0.2) is 0 Å². The molecule has 0 heterocycles. The first-order chi connectivity index (χ1) is 6.73. The van der Waals surface area contributed by atoms with Crippen molar-refractivity contribution in [1.29, 1.82) is 0 Å². The van der Waals surface area contributed by atoms with Gasteiger partial charge in [-0.05, 0) is 13.0 Å². The van der Waals surface area contributed by atoms with Gasteiger partial charge in [0.1, 0.15) is 4.90 Å². The van der Waals surface area contributed by atoms with Gasteiger partial charge in [-0.2, -0.15) is 8.42 Å². The van der Waals surface area contributed by atoms with Crippen molar-refractivity contribution in [2.75, 3.05) is 0 Å². The monoisotopic (exact) mass is 297 g/mol. The molecule has 0 atom stereocenters. The molecule has 5 nitrogen and oxygen atoms in total. The first kappa shape index (κ1) is 12.1. The van der Waals surface area contributed by atoms with Gasteiger partial charge in [-0.3, -0.25) is 10.1 Å². The number of benzene rings is 1. The fourth-order valence-corrected chi connectivity index (χ4v) is 2.08. The van der Waals surface area contributed by atoms with E-state index < -0.39 is 25.7 Å². The van der Waals surface area contributed by atoms with Crippen LogP contribution in [0.15, 0.2) is 21.5 Å². The lowest BCUT2D eigenvalue weighted by Gasteiger charge is -2.02. The molecule has 0 spiro atoms. The molecule has 0 aliphatic rings. The Morgan fingerprint density at radius 2 is 2.00 bits per heavy atom. The van der Waals surface area contributed by atoms with E-state index in [1.807, 2.05) is 0 Å². The number of nitrogens with zero attached hydrogens (tertiary/aromatic N) is 1. The van der Waals surface area contributed by atoms with Crippen molar-refractivity contribution >= 4 is 31.8 Å². The Labute approximate surface area is 93.4 Å². The van der Waals surface area contributed by atoms with Gasteiger partial charge in [0.05, 0.1) is 4.92 Å². The van der Waals surface area contributed by atoms with E-state index in [0.29, 0.717) is 6.07 Å². The number of nitro groups is 1. The van der Waals surface area contributed by atoms with E-state index in [1.54, 1.807) is 0 Å². The Morgan fingerprint density at radius 3 is 2.40 bits per heavy atom. The van der Waals surface area contributed by atoms with Gasteiger partial charge in [-0.25, -0.2) is 0 Å². The van der Waals surface area contributed by atoms with Gasteiger partial charge in [0.25, 0.3) is 5.69 Å². The molecule has 0 aromatic heterocycles. The van der Waals surface area contributed by atoms with Gasteiger partial charge in [0, 0.05) is 16.1 Å². The van der Waals surface area contributed by atoms with E-state index in [4.69, 9.17) is 0 Å². The molecule has 0 saturated carbocycles. The van der Waals surface area contributed by atoms with Crippen LogP contribution in [0, 0.1) is 17.0 Å². The first-order valence-corrected chi connectivity index (χ1v) is 5.80. The zero-order valence-corrected chi connectivity index (χ0v) is 9.80. The molecule has 0 fully saturated rings. The molecule has 1 rings (SSSR count). The Kier molecular flexibility index (Phi) is 3.10. The minimum atomic E-state index is -4.93. The molecule has 1 aromatic carbocycles. The van der Waals surface area contributed by atoms with E-state index in [2.05, 4.69) is 15.9 Å². The summed E-state index contributed by atoms with van der Waals surface area (Å²) in [5.74, 6) is 0. The van der Waals surface area contributed by atoms with Crippen molar-refractivity contribution in [2.45, 2.75) is 11.8 Å². The summed E-state index contributed by atoms with van der Waals surface area (Å²) in [6.07, 6.45) is 0. The molecule has 0 bridgehead atoms. The van der Waals surface area contributed by atoms with Crippen LogP contribution in [-0.4, -0.2) is 13.3 Å². The van der Waals surface area contributed by atoms with Crippen LogP contribution in [0.25, 0.3) is 0 Å². The van der Waals surface area contributed by atoms with Gasteiger partial charge in [-0.1, -0.05) is 15.9 Å². The van der Waals surface area contributed by atoms with E-state index in [1.165, 1.54) is 6.92 Å². The first-order valence-electron chi connectivity index (χ1n) is 3.62. The zero-order valence-electron chi connectivity index (χ0n) is 7.40. The molecule has 0 radical (unpaired) electrons. The number of nitro benzene ring substituents is 1. The summed E-state index contributed by atoms with van der Waals surface area (Å²) in [4.78, 5) is 9.02. The molecule has 0 amide bonds. The fraction of sp³-hybridized carbons (Fsp3) is 0.143. The average Bonchev–Trinajstić information content (AvgIpc) is 2.06. The molecule has 8 heteroatoms. The van der Waals surface area contributed by atoms with Crippen LogP contribution in [0.3, 0.4) is 0 Å². The minimum absolute atomic E-state index is 0.174. The van der Waals surface area contributed by atoms with Crippen LogP contribution in [0.1, 0.15) is 5.56 Å². The SMILES string of the molecule is Cc1c(Br)cc(S(=O)(=O)F)cc1[N+](=O)[O-]. The molecule has 0 saturated heterocycles. The summed E-state index contributed by atoms with van der Waals surface area (Å²) >= 11 is 2.92. The number of hydrogen-bond donors (Lipinski definition) is 0. The van der Waals surface area contributed by atoms with Crippen LogP contribution < -0.4 is 0 Å². The predicted molar refractivity (Wildman–Crippen MR) is 53.8 cm³/mol. The van der Waals surface area contributed by atoms with Gasteiger partial charge in [-0.15, -0.1) is 3.89 Å². The van der Waals surface area contributed by atoms with Crippen LogP contribution in [0.5, 0.6) is 0 Å². The summed E-state index contributed by atoms with van der Waals surface area (Å²) in [5.41, 5.74) is -0.201. The lowest BCUT2D eigenvalue weighted by Crippen LogP contribution is -1.98. The molecule has 0 aliphatic heterocycles. The lowest BCUT2D eigenvalue weighted by atomic mass is 10.2. The van der Waals surface area contributed by atoms with Gasteiger partial charge < -0.3 is 0 Å². The summed E-state index contributed by atoms with van der Waals surface area (Å²) in [5, 5.41) is 10.5. The summed E-state index contributed by atoms with van der Waals surface area (Å²) in [6.45, 7) is 1.43. The van der Waals surface area contributed by atoms with E-state index in [0.717, 1.165) is 6.07 Å². The maximum atomic E-state index is 12.6. The largest absolute Gasteiger partial charge is 0.332 e. The van der Waals surface area contributed by atoms with E-state index in [9.17, 15) is 22.4 Å². The summed E-state index contributed by atoms with van der Waals surface area (Å²) in [6, 6.07) is 1.67. The molecular formula is C7H5BrFNO4S. The second-order valence-corrected chi connectivity index (χ2v) is 4.95. The smallest absolute Gasteiger partial charge is 0.258 e. The van der Waals surface area contributed by atoms with Gasteiger partial charge in [0.2, 0.25) is 0 Å². The predicted octanol–water partition coefficient (Wildman–Crippen LogP) is 2.32. The maximum Gasteiger partial charge on any atom is 0.332 e. The minimum Gasteiger partial charge on any atom is -0.258 e. The molecule has 0 aliphatic carbocycles. The highest BCUT2D eigenvalue weighted by Gasteiger charge is 2.21. The Bertz CT molecular complexity index is 528. The Balaban J connectivity index is 3.57. The third-order valence-corrected chi connectivity index (χ3v) is 3.39. The van der Waals surface area contributed by atoms with Crippen LogP contribution in [0.2, 0.25) is 0 Å². The van der Waals surface area contributed by atoms with E-state index in [-0.39, 0.29) is 10.0 Å². The quantitative estimate of drug-likeness (QED) is 0.477. The second-order valence-electron chi connectivity index (χ2n) is 2.74. The molecule has 82 valence electrons. The average molecular weight is 298 g/mol. The fourth-order valence-electron chi connectivity index (χ4n) is 0.971. The van der Waals surface area contributed by atoms with Crippen molar-refractivity contribution in [2.24, 2.45) is 0 Å². The summed E-state index contributed by atoms with van der Waals surface area (Å²) in [7, 11) is -4.93. The zero-order chi connectivity index (χ0) is 11.8. The number of rotatable bonds is 2. The van der Waals surface area contributed by atoms with Gasteiger partial charge >= 0.3 is 10.2 Å². The van der Waals surface area contributed by atoms with Crippen LogP contribution in [-0.2, 0) is 10.2 Å². The second kappa shape index (κ2) is 3.86. The Hall–Kier alpha value is -1.02. The van der Waals surface area contributed by atoms with Crippen LogP contribution >= 0.6 is 15.9 Å². The normalized spacial score (nSPS) is 11.4. The Morgan fingerprint density at radius 1 is 1.47 bits per heavy atom. The molecule has 15 heavy (non-hydrogen) atoms. The van der Waals surface area contributed by atoms with Crippen LogP contribution in [0.4, 0.5) is 9.57 Å². The summed E-state index contributed by atoms with van der Waals surface area (Å²) < 4.78 is 33.9. The van der Waals surface area contributed by atoms with E-state index >= 15 is 0 Å². The molecular weight excluding hydrogens is 293 g/mol. The van der Waals surface area contributed by atoms with Crippen molar-refractivity contribution in [3.05, 3.63) is 32.3 Å². The van der Waals surface area contributed by atoms with Crippen molar-refractivity contribution < 1.29 is 17.2 Å². The third-order valence-electron chi connectivity index (χ3n) is 1.77. The maximum absolute atomic E-state index is 12.6. The molecule has 0 unspecified atom stereocenters. The number of halogens is 2. The topological polar surface area (TPSA) is 77.3 Å². The lowest BCUT2D eigenvalue weighted by molar-refractivity contribution is -0.385. The highest BCUT2D eigenvalue weighted by Crippen LogP contribution is 2.30. The highest BCUT2D eigenvalue weighted by molar-refractivity contribution is 9.10. The third kappa shape index (κ3) is 2.51. The molecule has 0 N–H and O–H groups in total. The standard InChI is InChI=1S/C7H5BrFNO4S/c1-4-6(8)2-5(15(9,13)14)3-7(4)10(11)12/h2-3H,1H3. The number of hydrogen-bond acceptors (Lipinski definition) is 4. The molecule has 1 aromatic rings. The van der Waals surface area contributed by atoms with Crippen molar-refractivity contribution in [1.82, 2.24) is 0 Å². The van der Waals surface area contributed by atoms with Crippen molar-refractivity contribution in [3.63, 3.8) is 0 Å². The highest BCUT2D eigenvalue weighted by atomic mass is 79.9.